The van der Waals surface area contributed by atoms with Crippen LogP contribution in [0.5, 0.6) is 0 Å². The van der Waals surface area contributed by atoms with Crippen LogP contribution in [-0.2, 0) is 11.2 Å². The van der Waals surface area contributed by atoms with Crippen molar-refractivity contribution in [3.63, 3.8) is 0 Å². The lowest BCUT2D eigenvalue weighted by Crippen LogP contribution is -2.36. The fourth-order valence-corrected chi connectivity index (χ4v) is 2.97. The summed E-state index contributed by atoms with van der Waals surface area (Å²) in [5.41, 5.74) is 0. The molecule has 1 aliphatic heterocycles. The molecule has 3 rings (SSSR count). The zero-order valence-electron chi connectivity index (χ0n) is 11.9. The molecule has 0 aliphatic carbocycles. The SMILES string of the molecule is c1cnc(Sc2ccc(CCCN3CCOCC3)o2)nc1. The van der Waals surface area contributed by atoms with Gasteiger partial charge < -0.3 is 9.15 Å². The Kier molecular flexibility index (Phi) is 5.26. The minimum absolute atomic E-state index is 0.715. The van der Waals surface area contributed by atoms with E-state index in [4.69, 9.17) is 9.15 Å². The number of nitrogens with zero attached hydrogens (tertiary/aromatic N) is 3. The molecule has 0 aromatic carbocycles. The summed E-state index contributed by atoms with van der Waals surface area (Å²) < 4.78 is 11.2. The molecule has 2 aromatic heterocycles. The maximum atomic E-state index is 5.82. The van der Waals surface area contributed by atoms with E-state index in [0.717, 1.165) is 56.5 Å². The molecule has 3 heterocycles. The van der Waals surface area contributed by atoms with E-state index in [0.29, 0.717) is 5.16 Å². The Hall–Kier alpha value is -1.37. The first-order chi connectivity index (χ1) is 10.4. The number of rotatable bonds is 6. The summed E-state index contributed by atoms with van der Waals surface area (Å²) in [6, 6.07) is 5.85. The molecule has 0 saturated carbocycles. The molecule has 1 aliphatic rings. The zero-order chi connectivity index (χ0) is 14.3. The Balaban J connectivity index is 1.44. The molecule has 0 spiro atoms. The molecular formula is C15H19N3O2S. The molecule has 5 nitrogen and oxygen atoms in total. The molecule has 112 valence electrons. The first-order valence-corrected chi connectivity index (χ1v) is 8.05. The number of aryl methyl sites for hydroxylation is 1. The van der Waals surface area contributed by atoms with Gasteiger partial charge in [-0.15, -0.1) is 0 Å². The van der Waals surface area contributed by atoms with Gasteiger partial charge in [0.1, 0.15) is 5.76 Å². The van der Waals surface area contributed by atoms with E-state index in [-0.39, 0.29) is 0 Å². The van der Waals surface area contributed by atoms with E-state index in [2.05, 4.69) is 14.9 Å². The van der Waals surface area contributed by atoms with Crippen molar-refractivity contribution in [1.29, 1.82) is 0 Å². The summed E-state index contributed by atoms with van der Waals surface area (Å²) in [4.78, 5) is 10.8. The molecule has 0 atom stereocenters. The topological polar surface area (TPSA) is 51.4 Å². The Labute approximate surface area is 128 Å². The predicted octanol–water partition coefficient (Wildman–Crippen LogP) is 2.49. The van der Waals surface area contributed by atoms with Gasteiger partial charge >= 0.3 is 0 Å². The number of morpholine rings is 1. The van der Waals surface area contributed by atoms with E-state index >= 15 is 0 Å². The fourth-order valence-electron chi connectivity index (χ4n) is 2.28. The average Bonchev–Trinajstić information content (AvgIpc) is 2.97. The smallest absolute Gasteiger partial charge is 0.195 e. The molecule has 1 saturated heterocycles. The van der Waals surface area contributed by atoms with Crippen molar-refractivity contribution in [1.82, 2.24) is 14.9 Å². The zero-order valence-corrected chi connectivity index (χ0v) is 12.7. The summed E-state index contributed by atoms with van der Waals surface area (Å²) >= 11 is 1.45. The van der Waals surface area contributed by atoms with Gasteiger partial charge in [0.15, 0.2) is 10.2 Å². The number of ether oxygens (including phenoxy) is 1. The van der Waals surface area contributed by atoms with Crippen LogP contribution in [0.3, 0.4) is 0 Å². The number of hydrogen-bond donors (Lipinski definition) is 0. The normalized spacial score (nSPS) is 16.2. The third kappa shape index (κ3) is 4.56. The van der Waals surface area contributed by atoms with Crippen molar-refractivity contribution >= 4 is 11.8 Å². The van der Waals surface area contributed by atoms with E-state index in [1.807, 2.05) is 18.2 Å². The van der Waals surface area contributed by atoms with Gasteiger partial charge in [0, 0.05) is 31.9 Å². The summed E-state index contributed by atoms with van der Waals surface area (Å²) in [5, 5.41) is 1.56. The Morgan fingerprint density at radius 3 is 2.76 bits per heavy atom. The Morgan fingerprint density at radius 1 is 1.14 bits per heavy atom. The standard InChI is InChI=1S/C15H19N3O2S/c1(8-18-9-11-19-12-10-18)3-13-4-5-14(20-13)21-15-16-6-2-7-17-15/h2,4-7H,1,3,8-12H2. The lowest BCUT2D eigenvalue weighted by Gasteiger charge is -2.26. The predicted molar refractivity (Wildman–Crippen MR) is 80.4 cm³/mol. The van der Waals surface area contributed by atoms with Crippen LogP contribution >= 0.6 is 11.8 Å². The maximum Gasteiger partial charge on any atom is 0.195 e. The summed E-state index contributed by atoms with van der Waals surface area (Å²) in [7, 11) is 0. The highest BCUT2D eigenvalue weighted by atomic mass is 32.2. The highest BCUT2D eigenvalue weighted by Crippen LogP contribution is 2.26. The molecular weight excluding hydrogens is 286 g/mol. The highest BCUT2D eigenvalue weighted by molar-refractivity contribution is 7.99. The molecule has 1 fully saturated rings. The van der Waals surface area contributed by atoms with Crippen LogP contribution in [0.25, 0.3) is 0 Å². The summed E-state index contributed by atoms with van der Waals surface area (Å²) in [6.45, 7) is 4.92. The van der Waals surface area contributed by atoms with Gasteiger partial charge in [0.2, 0.25) is 0 Å². The second kappa shape index (κ2) is 7.59. The van der Waals surface area contributed by atoms with Gasteiger partial charge in [-0.25, -0.2) is 9.97 Å². The monoisotopic (exact) mass is 305 g/mol. The molecule has 0 amide bonds. The van der Waals surface area contributed by atoms with Crippen LogP contribution in [0.4, 0.5) is 0 Å². The van der Waals surface area contributed by atoms with E-state index in [1.165, 1.54) is 11.8 Å². The largest absolute Gasteiger partial charge is 0.454 e. The highest BCUT2D eigenvalue weighted by Gasteiger charge is 2.10. The minimum Gasteiger partial charge on any atom is -0.454 e. The minimum atomic E-state index is 0.715. The average molecular weight is 305 g/mol. The van der Waals surface area contributed by atoms with Crippen molar-refractivity contribution in [3.8, 4) is 0 Å². The van der Waals surface area contributed by atoms with Crippen molar-refractivity contribution in [3.05, 3.63) is 36.4 Å². The molecule has 0 unspecified atom stereocenters. The van der Waals surface area contributed by atoms with Crippen molar-refractivity contribution in [2.24, 2.45) is 0 Å². The van der Waals surface area contributed by atoms with Crippen LogP contribution in [0, 0.1) is 0 Å². The van der Waals surface area contributed by atoms with Crippen LogP contribution in [-0.4, -0.2) is 47.7 Å². The van der Waals surface area contributed by atoms with Gasteiger partial charge in [-0.3, -0.25) is 4.90 Å². The van der Waals surface area contributed by atoms with Crippen LogP contribution in [0.2, 0.25) is 0 Å². The van der Waals surface area contributed by atoms with Crippen LogP contribution < -0.4 is 0 Å². The second-order valence-corrected chi connectivity index (χ2v) is 5.88. The number of aromatic nitrogens is 2. The Bertz CT molecular complexity index is 541. The third-order valence-electron chi connectivity index (χ3n) is 3.37. The summed E-state index contributed by atoms with van der Waals surface area (Å²) in [6.07, 6.45) is 5.55. The van der Waals surface area contributed by atoms with E-state index < -0.39 is 0 Å². The van der Waals surface area contributed by atoms with Gasteiger partial charge in [-0.05, 0) is 42.9 Å². The first kappa shape index (κ1) is 14.6. The van der Waals surface area contributed by atoms with Crippen molar-refractivity contribution < 1.29 is 9.15 Å². The summed E-state index contributed by atoms with van der Waals surface area (Å²) in [5.74, 6) is 1.03. The van der Waals surface area contributed by atoms with Gasteiger partial charge in [0.25, 0.3) is 0 Å². The van der Waals surface area contributed by atoms with Crippen LogP contribution in [0.15, 0.2) is 45.3 Å². The van der Waals surface area contributed by atoms with Crippen LogP contribution in [0.1, 0.15) is 12.2 Å². The van der Waals surface area contributed by atoms with Gasteiger partial charge in [-0.1, -0.05) is 0 Å². The molecule has 2 aromatic rings. The third-order valence-corrected chi connectivity index (χ3v) is 4.19. The van der Waals surface area contributed by atoms with Gasteiger partial charge in [-0.2, -0.15) is 0 Å². The molecule has 0 N–H and O–H groups in total. The molecule has 6 heteroatoms. The van der Waals surface area contributed by atoms with Crippen molar-refractivity contribution in [2.75, 3.05) is 32.8 Å². The lowest BCUT2D eigenvalue weighted by molar-refractivity contribution is 0.0373. The lowest BCUT2D eigenvalue weighted by atomic mass is 10.2. The molecule has 0 bridgehead atoms. The van der Waals surface area contributed by atoms with E-state index in [1.54, 1.807) is 12.4 Å². The van der Waals surface area contributed by atoms with Gasteiger partial charge in [0.05, 0.1) is 13.2 Å². The van der Waals surface area contributed by atoms with E-state index in [9.17, 15) is 0 Å². The molecule has 21 heavy (non-hydrogen) atoms. The quantitative estimate of drug-likeness (QED) is 0.764. The van der Waals surface area contributed by atoms with Crippen molar-refractivity contribution in [2.45, 2.75) is 23.1 Å². The fraction of sp³-hybridized carbons (Fsp3) is 0.467. The number of furan rings is 1. The molecule has 0 radical (unpaired) electrons. The maximum absolute atomic E-state index is 5.82. The Morgan fingerprint density at radius 2 is 1.95 bits per heavy atom. The second-order valence-electron chi connectivity index (χ2n) is 4.91. The number of hydrogen-bond acceptors (Lipinski definition) is 6. The first-order valence-electron chi connectivity index (χ1n) is 7.24.